The van der Waals surface area contributed by atoms with Crippen LogP contribution in [0.15, 0.2) is 0 Å². The van der Waals surface area contributed by atoms with Gasteiger partial charge in [-0.25, -0.2) is 0 Å². The molecular formula is C11H19NO3. The van der Waals surface area contributed by atoms with Gasteiger partial charge in [0.05, 0.1) is 0 Å². The zero-order valence-electron chi connectivity index (χ0n) is 9.62. The Morgan fingerprint density at radius 1 is 1.47 bits per heavy atom. The predicted molar refractivity (Wildman–Crippen MR) is 56.4 cm³/mol. The minimum Gasteiger partial charge on any atom is -0.480 e. The molecular weight excluding hydrogens is 194 g/mol. The van der Waals surface area contributed by atoms with E-state index >= 15 is 0 Å². The van der Waals surface area contributed by atoms with Crippen LogP contribution < -0.4 is 0 Å². The molecule has 0 aromatic carbocycles. The van der Waals surface area contributed by atoms with Crippen molar-refractivity contribution >= 4 is 11.9 Å². The second-order valence-corrected chi connectivity index (χ2v) is 4.74. The predicted octanol–water partition coefficient (Wildman–Crippen LogP) is 1.36. The van der Waals surface area contributed by atoms with Crippen LogP contribution in [0.1, 0.15) is 33.6 Å². The summed E-state index contributed by atoms with van der Waals surface area (Å²) in [4.78, 5) is 24.5. The molecule has 0 aromatic heterocycles. The minimum absolute atomic E-state index is 0.258. The number of aliphatic carboxylic acids is 1. The van der Waals surface area contributed by atoms with Gasteiger partial charge in [-0.15, -0.1) is 0 Å². The Morgan fingerprint density at radius 3 is 2.47 bits per heavy atom. The molecule has 1 aliphatic heterocycles. The third kappa shape index (κ3) is 2.30. The van der Waals surface area contributed by atoms with Crippen LogP contribution >= 0.6 is 0 Å². The Morgan fingerprint density at radius 2 is 2.07 bits per heavy atom. The van der Waals surface area contributed by atoms with Crippen LogP contribution in [0.25, 0.3) is 0 Å². The van der Waals surface area contributed by atoms with Crippen molar-refractivity contribution in [3.63, 3.8) is 0 Å². The lowest BCUT2D eigenvalue weighted by Gasteiger charge is -2.25. The first kappa shape index (κ1) is 12.0. The fraction of sp³-hybridized carbons (Fsp3) is 0.818. The number of carboxylic acids is 1. The van der Waals surface area contributed by atoms with Gasteiger partial charge in [-0.3, -0.25) is 9.59 Å². The van der Waals surface area contributed by atoms with Crippen molar-refractivity contribution in [2.24, 2.45) is 11.3 Å². The summed E-state index contributed by atoms with van der Waals surface area (Å²) in [7, 11) is 0. The zero-order chi connectivity index (χ0) is 11.6. The van der Waals surface area contributed by atoms with Crippen LogP contribution in [0.3, 0.4) is 0 Å². The van der Waals surface area contributed by atoms with Crippen LogP contribution in [-0.4, -0.2) is 35.0 Å². The fourth-order valence-corrected chi connectivity index (χ4v) is 1.84. The standard InChI is InChI=1S/C11H19NO3/c1-4-8-5-6-12(7-8)9(13)11(2,3)10(14)15/h8H,4-7H2,1-3H3,(H,14,15). The summed E-state index contributed by atoms with van der Waals surface area (Å²) in [5, 5.41) is 8.95. The van der Waals surface area contributed by atoms with Gasteiger partial charge in [0, 0.05) is 13.1 Å². The van der Waals surface area contributed by atoms with E-state index < -0.39 is 11.4 Å². The molecule has 4 heteroatoms. The first-order valence-electron chi connectivity index (χ1n) is 5.42. The maximum absolute atomic E-state index is 11.9. The summed E-state index contributed by atoms with van der Waals surface area (Å²) in [6.45, 7) is 6.45. The summed E-state index contributed by atoms with van der Waals surface area (Å²) in [5.74, 6) is -0.767. The fourth-order valence-electron chi connectivity index (χ4n) is 1.84. The molecule has 0 saturated carbocycles. The second kappa shape index (κ2) is 4.21. The van der Waals surface area contributed by atoms with Crippen molar-refractivity contribution in [3.8, 4) is 0 Å². The maximum Gasteiger partial charge on any atom is 0.318 e. The van der Waals surface area contributed by atoms with Gasteiger partial charge in [-0.1, -0.05) is 13.3 Å². The normalized spacial score (nSPS) is 21.8. The smallest absolute Gasteiger partial charge is 0.318 e. The molecule has 0 aliphatic carbocycles. The molecule has 1 saturated heterocycles. The maximum atomic E-state index is 11.9. The molecule has 15 heavy (non-hydrogen) atoms. The van der Waals surface area contributed by atoms with E-state index in [1.807, 2.05) is 0 Å². The van der Waals surface area contributed by atoms with E-state index in [2.05, 4.69) is 6.92 Å². The molecule has 1 N–H and O–H groups in total. The summed E-state index contributed by atoms with van der Waals surface area (Å²) in [5.41, 5.74) is -1.29. The SMILES string of the molecule is CCC1CCN(C(=O)C(C)(C)C(=O)O)C1. The number of hydrogen-bond donors (Lipinski definition) is 1. The summed E-state index contributed by atoms with van der Waals surface area (Å²) in [6.07, 6.45) is 2.05. The topological polar surface area (TPSA) is 57.6 Å². The van der Waals surface area contributed by atoms with Gasteiger partial charge in [-0.2, -0.15) is 0 Å². The summed E-state index contributed by atoms with van der Waals surface area (Å²) >= 11 is 0. The van der Waals surface area contributed by atoms with Crippen molar-refractivity contribution in [1.82, 2.24) is 4.90 Å². The highest BCUT2D eigenvalue weighted by atomic mass is 16.4. The average molecular weight is 213 g/mol. The van der Waals surface area contributed by atoms with Crippen molar-refractivity contribution in [3.05, 3.63) is 0 Å². The molecule has 86 valence electrons. The van der Waals surface area contributed by atoms with Gasteiger partial charge in [0.1, 0.15) is 5.41 Å². The number of carboxylic acid groups (broad SMARTS) is 1. The molecule has 1 amide bonds. The highest BCUT2D eigenvalue weighted by molar-refractivity contribution is 6.01. The Balaban J connectivity index is 2.66. The van der Waals surface area contributed by atoms with E-state index in [1.165, 1.54) is 13.8 Å². The van der Waals surface area contributed by atoms with Crippen molar-refractivity contribution in [2.75, 3.05) is 13.1 Å². The van der Waals surface area contributed by atoms with Gasteiger partial charge >= 0.3 is 5.97 Å². The van der Waals surface area contributed by atoms with Gasteiger partial charge in [0.15, 0.2) is 0 Å². The molecule has 0 spiro atoms. The molecule has 1 fully saturated rings. The number of rotatable bonds is 3. The third-order valence-corrected chi connectivity index (χ3v) is 3.22. The molecule has 0 bridgehead atoms. The molecule has 1 rings (SSSR count). The highest BCUT2D eigenvalue weighted by Crippen LogP contribution is 2.25. The molecule has 4 nitrogen and oxygen atoms in total. The Bertz CT molecular complexity index is 273. The molecule has 0 radical (unpaired) electrons. The monoisotopic (exact) mass is 213 g/mol. The van der Waals surface area contributed by atoms with Gasteiger partial charge in [-0.05, 0) is 26.2 Å². The highest BCUT2D eigenvalue weighted by Gasteiger charge is 2.41. The van der Waals surface area contributed by atoms with Crippen LogP contribution in [0.5, 0.6) is 0 Å². The quantitative estimate of drug-likeness (QED) is 0.720. The number of carbonyl (C=O) groups excluding carboxylic acids is 1. The summed E-state index contributed by atoms with van der Waals surface area (Å²) in [6, 6.07) is 0. The Kier molecular flexibility index (Phi) is 3.37. The second-order valence-electron chi connectivity index (χ2n) is 4.74. The van der Waals surface area contributed by atoms with E-state index in [9.17, 15) is 9.59 Å². The molecule has 1 atom stereocenters. The third-order valence-electron chi connectivity index (χ3n) is 3.22. The van der Waals surface area contributed by atoms with E-state index in [0.29, 0.717) is 19.0 Å². The number of likely N-dealkylation sites (tertiary alicyclic amines) is 1. The lowest BCUT2D eigenvalue weighted by molar-refractivity contribution is -0.157. The Hall–Kier alpha value is -1.06. The zero-order valence-corrected chi connectivity index (χ0v) is 9.62. The molecule has 1 unspecified atom stereocenters. The molecule has 1 heterocycles. The Labute approximate surface area is 90.3 Å². The van der Waals surface area contributed by atoms with E-state index in [0.717, 1.165) is 12.8 Å². The first-order valence-corrected chi connectivity index (χ1v) is 5.42. The summed E-state index contributed by atoms with van der Waals surface area (Å²) < 4.78 is 0. The van der Waals surface area contributed by atoms with E-state index in [1.54, 1.807) is 4.90 Å². The number of carbonyl (C=O) groups is 2. The minimum atomic E-state index is -1.29. The van der Waals surface area contributed by atoms with Gasteiger partial charge in [0.2, 0.25) is 5.91 Å². The van der Waals surface area contributed by atoms with Crippen LogP contribution in [0.2, 0.25) is 0 Å². The van der Waals surface area contributed by atoms with E-state index in [-0.39, 0.29) is 5.91 Å². The first-order chi connectivity index (χ1) is 6.89. The van der Waals surface area contributed by atoms with Crippen molar-refractivity contribution in [1.29, 1.82) is 0 Å². The van der Waals surface area contributed by atoms with Crippen LogP contribution in [-0.2, 0) is 9.59 Å². The van der Waals surface area contributed by atoms with Crippen LogP contribution in [0.4, 0.5) is 0 Å². The van der Waals surface area contributed by atoms with Crippen LogP contribution in [0, 0.1) is 11.3 Å². The molecule has 0 aromatic rings. The molecule has 1 aliphatic rings. The average Bonchev–Trinajstić information content (AvgIpc) is 2.64. The number of hydrogen-bond acceptors (Lipinski definition) is 2. The number of amides is 1. The lowest BCUT2D eigenvalue weighted by atomic mass is 9.92. The van der Waals surface area contributed by atoms with Crippen molar-refractivity contribution in [2.45, 2.75) is 33.6 Å². The van der Waals surface area contributed by atoms with Gasteiger partial charge in [0.25, 0.3) is 0 Å². The van der Waals surface area contributed by atoms with E-state index in [4.69, 9.17) is 5.11 Å². The van der Waals surface area contributed by atoms with Crippen molar-refractivity contribution < 1.29 is 14.7 Å². The lowest BCUT2D eigenvalue weighted by Crippen LogP contribution is -2.44. The number of nitrogens with zero attached hydrogens (tertiary/aromatic N) is 1. The van der Waals surface area contributed by atoms with Gasteiger partial charge < -0.3 is 10.0 Å². The largest absolute Gasteiger partial charge is 0.480 e.